The third-order valence-corrected chi connectivity index (χ3v) is 6.42. The summed E-state index contributed by atoms with van der Waals surface area (Å²) in [4.78, 5) is 29.8. The molecule has 38 heavy (non-hydrogen) atoms. The molecule has 1 unspecified atom stereocenters. The summed E-state index contributed by atoms with van der Waals surface area (Å²) in [5.74, 6) is -0.0887. The molecule has 198 valence electrons. The third-order valence-electron chi connectivity index (χ3n) is 6.42. The van der Waals surface area contributed by atoms with Crippen LogP contribution < -0.4 is 10.9 Å². The van der Waals surface area contributed by atoms with Gasteiger partial charge >= 0.3 is 6.18 Å². The monoisotopic (exact) mass is 527 g/mol. The quantitative estimate of drug-likeness (QED) is 0.399. The number of alkyl halides is 3. The molecule has 0 saturated carbocycles. The largest absolute Gasteiger partial charge is 0.416 e. The fourth-order valence-corrected chi connectivity index (χ4v) is 4.39. The lowest BCUT2D eigenvalue weighted by molar-refractivity contribution is -0.137. The van der Waals surface area contributed by atoms with Crippen LogP contribution in [-0.2, 0) is 28.7 Å². The van der Waals surface area contributed by atoms with E-state index < -0.39 is 28.8 Å². The maximum Gasteiger partial charge on any atom is 0.416 e. The molecule has 0 bridgehead atoms. The minimum atomic E-state index is -4.47. The topological polar surface area (TPSA) is 111 Å². The molecule has 1 fully saturated rings. The number of halogens is 3. The van der Waals surface area contributed by atoms with Crippen molar-refractivity contribution in [3.63, 3.8) is 0 Å². The molecule has 3 heterocycles. The summed E-state index contributed by atoms with van der Waals surface area (Å²) >= 11 is 0. The van der Waals surface area contributed by atoms with E-state index in [-0.39, 0.29) is 23.8 Å². The molecule has 4 aromatic rings. The van der Waals surface area contributed by atoms with Crippen LogP contribution >= 0.6 is 0 Å². The van der Waals surface area contributed by atoms with Crippen molar-refractivity contribution in [2.24, 2.45) is 0 Å². The van der Waals surface area contributed by atoms with Gasteiger partial charge in [-0.25, -0.2) is 0 Å². The second-order valence-electron chi connectivity index (χ2n) is 9.38. The van der Waals surface area contributed by atoms with Crippen LogP contribution in [-0.4, -0.2) is 49.0 Å². The zero-order valence-electron chi connectivity index (χ0n) is 20.3. The first-order chi connectivity index (χ1) is 18.0. The van der Waals surface area contributed by atoms with E-state index in [4.69, 9.17) is 4.74 Å². The smallest absolute Gasteiger partial charge is 0.387 e. The predicted octanol–water partition coefficient (Wildman–Crippen LogP) is 3.22. The summed E-state index contributed by atoms with van der Waals surface area (Å²) in [5, 5.41) is 17.4. The molecule has 1 aliphatic rings. The lowest BCUT2D eigenvalue weighted by Gasteiger charge is -2.20. The minimum Gasteiger partial charge on any atom is -0.387 e. The van der Waals surface area contributed by atoms with Crippen LogP contribution in [0.15, 0.2) is 59.4 Å². The first kappa shape index (κ1) is 25.6. The summed E-state index contributed by atoms with van der Waals surface area (Å²) in [7, 11) is 0. The Kier molecular flexibility index (Phi) is 6.53. The molecule has 0 radical (unpaired) electrons. The lowest BCUT2D eigenvalue weighted by atomic mass is 9.93. The first-order valence-corrected chi connectivity index (χ1v) is 11.8. The van der Waals surface area contributed by atoms with Gasteiger partial charge in [0.1, 0.15) is 6.54 Å². The van der Waals surface area contributed by atoms with Crippen LogP contribution in [0.25, 0.3) is 17.2 Å². The van der Waals surface area contributed by atoms with Crippen LogP contribution in [0, 0.1) is 6.92 Å². The maximum atomic E-state index is 12.8. The molecule has 1 amide bonds. The van der Waals surface area contributed by atoms with E-state index >= 15 is 0 Å². The van der Waals surface area contributed by atoms with E-state index in [1.54, 1.807) is 19.1 Å². The van der Waals surface area contributed by atoms with Crippen molar-refractivity contribution in [2.45, 2.75) is 38.1 Å². The number of aromatic nitrogens is 4. The molecule has 2 aromatic heterocycles. The van der Waals surface area contributed by atoms with Gasteiger partial charge in [0.05, 0.1) is 17.8 Å². The number of aryl methyl sites for hydroxylation is 1. The van der Waals surface area contributed by atoms with Gasteiger partial charge in [0.15, 0.2) is 5.82 Å². The Hall–Kier alpha value is -4.03. The Morgan fingerprint density at radius 3 is 2.50 bits per heavy atom. The molecule has 1 aliphatic heterocycles. The van der Waals surface area contributed by atoms with Crippen molar-refractivity contribution in [1.82, 2.24) is 19.2 Å². The molecule has 2 N–H and O–H groups in total. The number of anilines is 1. The van der Waals surface area contributed by atoms with Crippen molar-refractivity contribution in [3.05, 3.63) is 81.8 Å². The molecule has 2 aromatic carbocycles. The van der Waals surface area contributed by atoms with Crippen LogP contribution in [0.4, 0.5) is 18.9 Å². The zero-order valence-corrected chi connectivity index (χ0v) is 20.3. The summed E-state index contributed by atoms with van der Waals surface area (Å²) in [5.41, 5.74) is 0.104. The Morgan fingerprint density at radius 1 is 1.16 bits per heavy atom. The SMILES string of the molecule is Cc1cc(=O)n2nc(-c3ccc(CC4(O)CCOC4)cc3)nc2n1CC(=O)Nc1ccc(C(F)(F)F)cc1. The summed E-state index contributed by atoms with van der Waals surface area (Å²) in [6.45, 7) is 2.22. The fourth-order valence-electron chi connectivity index (χ4n) is 4.39. The molecular weight excluding hydrogens is 503 g/mol. The Labute approximate surface area is 214 Å². The molecule has 9 nitrogen and oxygen atoms in total. The fraction of sp³-hybridized carbons (Fsp3) is 0.308. The number of carbonyl (C=O) groups is 1. The Morgan fingerprint density at radius 2 is 1.87 bits per heavy atom. The minimum absolute atomic E-state index is 0.147. The van der Waals surface area contributed by atoms with Crippen LogP contribution in [0.3, 0.4) is 0 Å². The van der Waals surface area contributed by atoms with Crippen molar-refractivity contribution in [1.29, 1.82) is 0 Å². The highest BCUT2D eigenvalue weighted by Crippen LogP contribution is 2.30. The van der Waals surface area contributed by atoms with Gasteiger partial charge in [-0.1, -0.05) is 24.3 Å². The average molecular weight is 528 g/mol. The second-order valence-corrected chi connectivity index (χ2v) is 9.38. The van der Waals surface area contributed by atoms with Gasteiger partial charge < -0.3 is 19.7 Å². The molecule has 1 atom stereocenters. The van der Waals surface area contributed by atoms with Gasteiger partial charge in [0.2, 0.25) is 11.7 Å². The van der Waals surface area contributed by atoms with E-state index in [2.05, 4.69) is 15.4 Å². The van der Waals surface area contributed by atoms with Gasteiger partial charge in [-0.2, -0.15) is 22.7 Å². The number of fused-ring (bicyclic) bond motifs is 1. The number of benzene rings is 2. The van der Waals surface area contributed by atoms with Crippen molar-refractivity contribution < 1.29 is 27.8 Å². The highest BCUT2D eigenvalue weighted by molar-refractivity contribution is 5.90. The summed E-state index contributed by atoms with van der Waals surface area (Å²) < 4.78 is 46.3. The number of ether oxygens (including phenoxy) is 1. The second kappa shape index (κ2) is 9.69. The summed E-state index contributed by atoms with van der Waals surface area (Å²) in [6, 6.07) is 12.7. The number of nitrogens with one attached hydrogen (secondary N) is 1. The highest BCUT2D eigenvalue weighted by atomic mass is 19.4. The molecular formula is C26H24F3N5O4. The first-order valence-electron chi connectivity index (χ1n) is 11.8. The van der Waals surface area contributed by atoms with E-state index in [1.165, 1.54) is 22.8 Å². The third kappa shape index (κ3) is 5.31. The van der Waals surface area contributed by atoms with Gasteiger partial charge in [0, 0.05) is 42.5 Å². The van der Waals surface area contributed by atoms with E-state index in [0.29, 0.717) is 37.3 Å². The van der Waals surface area contributed by atoms with Crippen molar-refractivity contribution in [2.75, 3.05) is 18.5 Å². The number of hydrogen-bond acceptors (Lipinski definition) is 6. The predicted molar refractivity (Wildman–Crippen MR) is 132 cm³/mol. The van der Waals surface area contributed by atoms with Crippen molar-refractivity contribution in [3.8, 4) is 11.4 Å². The average Bonchev–Trinajstić information content (AvgIpc) is 3.49. The van der Waals surface area contributed by atoms with Crippen LogP contribution in [0.2, 0.25) is 0 Å². The van der Waals surface area contributed by atoms with E-state index in [0.717, 1.165) is 22.2 Å². The number of carbonyl (C=O) groups excluding carboxylic acids is 1. The van der Waals surface area contributed by atoms with E-state index in [1.807, 2.05) is 12.1 Å². The molecule has 12 heteroatoms. The van der Waals surface area contributed by atoms with Gasteiger partial charge in [-0.05, 0) is 36.8 Å². The number of nitrogens with zero attached hydrogens (tertiary/aromatic N) is 4. The van der Waals surface area contributed by atoms with Gasteiger partial charge in [-0.15, -0.1) is 5.10 Å². The molecule has 0 spiro atoms. The Bertz CT molecular complexity index is 1540. The summed E-state index contributed by atoms with van der Waals surface area (Å²) in [6.07, 6.45) is -3.45. The molecule has 1 saturated heterocycles. The van der Waals surface area contributed by atoms with Crippen LogP contribution in [0.5, 0.6) is 0 Å². The normalized spacial score (nSPS) is 17.7. The molecule has 0 aliphatic carbocycles. The van der Waals surface area contributed by atoms with E-state index in [9.17, 15) is 27.9 Å². The number of aliphatic hydroxyl groups is 1. The number of rotatable bonds is 6. The standard InChI is InChI=1S/C26H24F3N5O4/c1-16-12-22(36)34-24(33(16)14-21(35)30-20-8-6-19(7-9-20)26(27,28)29)31-23(32-34)18-4-2-17(3-5-18)13-25(37)10-11-38-15-25/h2-9,12,37H,10-11,13-15H2,1H3,(H,30,35). The van der Waals surface area contributed by atoms with Crippen LogP contribution in [0.1, 0.15) is 23.2 Å². The maximum absolute atomic E-state index is 12.8. The van der Waals surface area contributed by atoms with Gasteiger partial charge in [0.25, 0.3) is 5.56 Å². The lowest BCUT2D eigenvalue weighted by Crippen LogP contribution is -2.31. The highest BCUT2D eigenvalue weighted by Gasteiger charge is 2.32. The number of amides is 1. The molecule has 5 rings (SSSR count). The number of hydrogen-bond donors (Lipinski definition) is 2. The zero-order chi connectivity index (χ0) is 27.1. The van der Waals surface area contributed by atoms with Gasteiger partial charge in [-0.3, -0.25) is 9.59 Å². The Balaban J connectivity index is 1.37. The van der Waals surface area contributed by atoms with Crippen molar-refractivity contribution >= 4 is 17.4 Å².